The van der Waals surface area contributed by atoms with Crippen LogP contribution in [-0.4, -0.2) is 31.5 Å². The first-order chi connectivity index (χ1) is 7.81. The molecule has 4 heteroatoms. The molecule has 2 N–H and O–H groups in total. The van der Waals surface area contributed by atoms with Crippen molar-refractivity contribution >= 4 is 5.69 Å². The van der Waals surface area contributed by atoms with Crippen molar-refractivity contribution in [1.29, 1.82) is 0 Å². The predicted octanol–water partition coefficient (Wildman–Crippen LogP) is 1.31. The fourth-order valence-electron chi connectivity index (χ4n) is 2.05. The van der Waals surface area contributed by atoms with Crippen LogP contribution in [0.5, 0.6) is 0 Å². The highest BCUT2D eigenvalue weighted by molar-refractivity contribution is 5.55. The maximum absolute atomic E-state index is 8.84. The van der Waals surface area contributed by atoms with Crippen LogP contribution < -0.4 is 10.4 Å². The van der Waals surface area contributed by atoms with Crippen molar-refractivity contribution in [1.82, 2.24) is 5.48 Å². The summed E-state index contributed by atoms with van der Waals surface area (Å²) >= 11 is 0. The van der Waals surface area contributed by atoms with Crippen molar-refractivity contribution in [2.24, 2.45) is 0 Å². The topological polar surface area (TPSA) is 44.7 Å². The first kappa shape index (κ1) is 11.4. The summed E-state index contributed by atoms with van der Waals surface area (Å²) in [5.41, 5.74) is 5.76. The largest absolute Gasteiger partial charge is 0.378 e. The molecular weight excluding hydrogens is 204 g/mol. The highest BCUT2D eigenvalue weighted by Crippen LogP contribution is 2.22. The van der Waals surface area contributed by atoms with Crippen LogP contribution >= 0.6 is 0 Å². The quantitative estimate of drug-likeness (QED) is 0.757. The van der Waals surface area contributed by atoms with Crippen molar-refractivity contribution in [2.75, 3.05) is 31.2 Å². The molecule has 1 fully saturated rings. The summed E-state index contributed by atoms with van der Waals surface area (Å²) in [4.78, 5) is 2.30. The van der Waals surface area contributed by atoms with Gasteiger partial charge in [-0.25, -0.2) is 5.48 Å². The fraction of sp³-hybridized carbons (Fsp3) is 0.500. The van der Waals surface area contributed by atoms with E-state index in [0.717, 1.165) is 31.9 Å². The third-order valence-corrected chi connectivity index (χ3v) is 2.86. The minimum atomic E-state index is 0.481. The van der Waals surface area contributed by atoms with Crippen molar-refractivity contribution in [2.45, 2.75) is 13.5 Å². The number of hydroxylamine groups is 1. The minimum absolute atomic E-state index is 0.481. The molecule has 16 heavy (non-hydrogen) atoms. The molecule has 0 aromatic heterocycles. The molecule has 88 valence electrons. The number of anilines is 1. The Balaban J connectivity index is 2.23. The van der Waals surface area contributed by atoms with Gasteiger partial charge >= 0.3 is 0 Å². The average molecular weight is 222 g/mol. The highest BCUT2D eigenvalue weighted by atomic mass is 16.5. The average Bonchev–Trinajstić information content (AvgIpc) is 2.31. The lowest BCUT2D eigenvalue weighted by Gasteiger charge is -2.30. The normalized spacial score (nSPS) is 16.5. The third-order valence-electron chi connectivity index (χ3n) is 2.86. The van der Waals surface area contributed by atoms with Crippen LogP contribution in [0.3, 0.4) is 0 Å². The second kappa shape index (κ2) is 5.30. The Kier molecular flexibility index (Phi) is 3.77. The summed E-state index contributed by atoms with van der Waals surface area (Å²) in [6.45, 7) is 5.93. The summed E-state index contributed by atoms with van der Waals surface area (Å²) < 4.78 is 5.34. The molecule has 0 spiro atoms. The van der Waals surface area contributed by atoms with Crippen LogP contribution in [0.15, 0.2) is 18.2 Å². The van der Waals surface area contributed by atoms with Gasteiger partial charge in [0.1, 0.15) is 0 Å². The minimum Gasteiger partial charge on any atom is -0.378 e. The Hall–Kier alpha value is -1.10. The summed E-state index contributed by atoms with van der Waals surface area (Å²) in [6.07, 6.45) is 0. The lowest BCUT2D eigenvalue weighted by atomic mass is 10.1. The van der Waals surface area contributed by atoms with Gasteiger partial charge in [0.15, 0.2) is 0 Å². The molecule has 0 bridgehead atoms. The Bertz CT molecular complexity index is 349. The molecule has 2 rings (SSSR count). The third kappa shape index (κ3) is 2.52. The van der Waals surface area contributed by atoms with Crippen molar-refractivity contribution in [3.05, 3.63) is 29.3 Å². The first-order valence-electron chi connectivity index (χ1n) is 5.60. The van der Waals surface area contributed by atoms with E-state index in [1.54, 1.807) is 0 Å². The number of nitrogens with zero attached hydrogens (tertiary/aromatic N) is 1. The van der Waals surface area contributed by atoms with Crippen LogP contribution in [0, 0.1) is 6.92 Å². The Morgan fingerprint density at radius 1 is 1.38 bits per heavy atom. The Morgan fingerprint density at radius 2 is 2.12 bits per heavy atom. The number of aryl methyl sites for hydroxylation is 1. The van der Waals surface area contributed by atoms with E-state index in [-0.39, 0.29) is 0 Å². The summed E-state index contributed by atoms with van der Waals surface area (Å²) in [6, 6.07) is 6.33. The lowest BCUT2D eigenvalue weighted by Crippen LogP contribution is -2.37. The fourth-order valence-corrected chi connectivity index (χ4v) is 2.05. The van der Waals surface area contributed by atoms with E-state index in [0.29, 0.717) is 6.54 Å². The van der Waals surface area contributed by atoms with Crippen molar-refractivity contribution in [3.63, 3.8) is 0 Å². The van der Waals surface area contributed by atoms with Gasteiger partial charge in [-0.05, 0) is 18.6 Å². The predicted molar refractivity (Wildman–Crippen MR) is 62.8 cm³/mol. The summed E-state index contributed by atoms with van der Waals surface area (Å²) in [5.74, 6) is 0. The molecule has 1 aromatic rings. The molecule has 1 aliphatic rings. The number of rotatable bonds is 3. The van der Waals surface area contributed by atoms with E-state index in [1.165, 1.54) is 11.3 Å². The van der Waals surface area contributed by atoms with Crippen LogP contribution in [-0.2, 0) is 11.3 Å². The van der Waals surface area contributed by atoms with Gasteiger partial charge in [-0.1, -0.05) is 17.7 Å². The molecule has 0 aliphatic carbocycles. The standard InChI is InChI=1S/C12H18N2O2/c1-10-2-3-12(11(8-10)9-13-15)14-4-6-16-7-5-14/h2-3,8,13,15H,4-7,9H2,1H3. The Labute approximate surface area is 95.8 Å². The molecule has 0 unspecified atom stereocenters. The zero-order valence-corrected chi connectivity index (χ0v) is 9.57. The zero-order chi connectivity index (χ0) is 11.4. The molecule has 1 aromatic carbocycles. The van der Waals surface area contributed by atoms with Crippen LogP contribution in [0.2, 0.25) is 0 Å². The second-order valence-corrected chi connectivity index (χ2v) is 4.07. The number of morpholine rings is 1. The Morgan fingerprint density at radius 3 is 2.81 bits per heavy atom. The van der Waals surface area contributed by atoms with E-state index in [2.05, 4.69) is 35.5 Å². The van der Waals surface area contributed by atoms with E-state index < -0.39 is 0 Å². The lowest BCUT2D eigenvalue weighted by molar-refractivity contribution is 0.122. The number of hydrogen-bond donors (Lipinski definition) is 2. The van der Waals surface area contributed by atoms with Gasteiger partial charge in [-0.2, -0.15) is 0 Å². The first-order valence-corrected chi connectivity index (χ1v) is 5.60. The smallest absolute Gasteiger partial charge is 0.0642 e. The zero-order valence-electron chi connectivity index (χ0n) is 9.57. The summed E-state index contributed by atoms with van der Waals surface area (Å²) in [7, 11) is 0. The number of ether oxygens (including phenoxy) is 1. The molecule has 1 saturated heterocycles. The van der Waals surface area contributed by atoms with Gasteiger partial charge in [-0.15, -0.1) is 0 Å². The SMILES string of the molecule is Cc1ccc(N2CCOCC2)c(CNO)c1. The van der Waals surface area contributed by atoms with Crippen molar-refractivity contribution < 1.29 is 9.94 Å². The monoisotopic (exact) mass is 222 g/mol. The van der Waals surface area contributed by atoms with Gasteiger partial charge in [-0.3, -0.25) is 0 Å². The number of benzene rings is 1. The van der Waals surface area contributed by atoms with E-state index in [9.17, 15) is 0 Å². The van der Waals surface area contributed by atoms with E-state index in [1.807, 2.05) is 0 Å². The maximum Gasteiger partial charge on any atom is 0.0642 e. The summed E-state index contributed by atoms with van der Waals surface area (Å²) in [5, 5.41) is 8.84. The molecule has 0 amide bonds. The molecule has 1 heterocycles. The van der Waals surface area contributed by atoms with Gasteiger partial charge in [0, 0.05) is 25.3 Å². The molecule has 0 radical (unpaired) electrons. The molecule has 0 atom stereocenters. The maximum atomic E-state index is 8.84. The molecule has 1 aliphatic heterocycles. The molecule has 0 saturated carbocycles. The number of hydrogen-bond acceptors (Lipinski definition) is 4. The van der Waals surface area contributed by atoms with Gasteiger partial charge in [0.2, 0.25) is 0 Å². The van der Waals surface area contributed by atoms with Gasteiger partial charge < -0.3 is 14.8 Å². The highest BCUT2D eigenvalue weighted by Gasteiger charge is 2.14. The molecular formula is C12H18N2O2. The van der Waals surface area contributed by atoms with E-state index >= 15 is 0 Å². The van der Waals surface area contributed by atoms with Crippen LogP contribution in [0.1, 0.15) is 11.1 Å². The van der Waals surface area contributed by atoms with Crippen LogP contribution in [0.25, 0.3) is 0 Å². The van der Waals surface area contributed by atoms with Crippen molar-refractivity contribution in [3.8, 4) is 0 Å². The molecule has 4 nitrogen and oxygen atoms in total. The van der Waals surface area contributed by atoms with Gasteiger partial charge in [0.05, 0.1) is 13.2 Å². The van der Waals surface area contributed by atoms with Gasteiger partial charge in [0.25, 0.3) is 0 Å². The van der Waals surface area contributed by atoms with Crippen LogP contribution in [0.4, 0.5) is 5.69 Å². The second-order valence-electron chi connectivity index (χ2n) is 4.07. The van der Waals surface area contributed by atoms with E-state index in [4.69, 9.17) is 9.94 Å². The number of nitrogens with one attached hydrogen (secondary N) is 1.